The molecule has 1 aliphatic carbocycles. The highest BCUT2D eigenvalue weighted by Crippen LogP contribution is 2.43. The van der Waals surface area contributed by atoms with Crippen molar-refractivity contribution >= 4 is 11.9 Å². The molecule has 5 heteroatoms. The van der Waals surface area contributed by atoms with Crippen LogP contribution in [0.2, 0.25) is 0 Å². The van der Waals surface area contributed by atoms with Crippen LogP contribution >= 0.6 is 0 Å². The molecule has 5 nitrogen and oxygen atoms in total. The van der Waals surface area contributed by atoms with E-state index in [0.29, 0.717) is 12.3 Å². The van der Waals surface area contributed by atoms with Crippen LogP contribution in [0.15, 0.2) is 54.6 Å². The number of hydrogen-bond donors (Lipinski definition) is 2. The largest absolute Gasteiger partial charge is 0.482 e. The fraction of sp³-hybridized carbons (Fsp3) is 0.364. The van der Waals surface area contributed by atoms with Crippen LogP contribution in [0, 0.1) is 5.41 Å². The van der Waals surface area contributed by atoms with E-state index in [1.54, 1.807) is 12.1 Å². The predicted molar refractivity (Wildman–Crippen MR) is 103 cm³/mol. The van der Waals surface area contributed by atoms with Gasteiger partial charge in [0.15, 0.2) is 6.61 Å². The van der Waals surface area contributed by atoms with Gasteiger partial charge in [0.2, 0.25) is 5.91 Å². The number of carbonyl (C=O) groups is 2. The van der Waals surface area contributed by atoms with Gasteiger partial charge < -0.3 is 15.2 Å². The minimum absolute atomic E-state index is 0.152. The maximum absolute atomic E-state index is 12.8. The number of carbonyl (C=O) groups excluding carboxylic acids is 1. The van der Waals surface area contributed by atoms with Gasteiger partial charge in [0, 0.05) is 6.54 Å². The van der Waals surface area contributed by atoms with Gasteiger partial charge >= 0.3 is 5.97 Å². The van der Waals surface area contributed by atoms with E-state index in [4.69, 9.17) is 9.84 Å². The summed E-state index contributed by atoms with van der Waals surface area (Å²) in [6.07, 6.45) is 4.53. The zero-order valence-corrected chi connectivity index (χ0v) is 15.3. The molecule has 0 radical (unpaired) electrons. The zero-order valence-electron chi connectivity index (χ0n) is 15.3. The Labute approximate surface area is 159 Å². The molecule has 2 aromatic rings. The second-order valence-corrected chi connectivity index (χ2v) is 7.13. The Bertz CT molecular complexity index is 767. The van der Waals surface area contributed by atoms with Crippen molar-refractivity contribution in [1.82, 2.24) is 5.32 Å². The van der Waals surface area contributed by atoms with Crippen LogP contribution in [0.1, 0.15) is 30.4 Å². The molecular weight excluding hydrogens is 342 g/mol. The fourth-order valence-corrected chi connectivity index (χ4v) is 3.48. The summed E-state index contributed by atoms with van der Waals surface area (Å²) in [4.78, 5) is 23.3. The number of nitrogens with one attached hydrogen (secondary N) is 1. The normalized spacial score (nSPS) is 14.8. The topological polar surface area (TPSA) is 75.6 Å². The zero-order chi connectivity index (χ0) is 19.1. The van der Waals surface area contributed by atoms with Crippen molar-refractivity contribution < 1.29 is 19.4 Å². The van der Waals surface area contributed by atoms with Crippen molar-refractivity contribution in [2.45, 2.75) is 32.1 Å². The molecule has 0 aliphatic heterocycles. The molecule has 3 rings (SSSR count). The van der Waals surface area contributed by atoms with Crippen molar-refractivity contribution in [2.24, 2.45) is 5.41 Å². The quantitative estimate of drug-likeness (QED) is 0.714. The van der Waals surface area contributed by atoms with Crippen LogP contribution in [-0.2, 0) is 22.4 Å². The van der Waals surface area contributed by atoms with Gasteiger partial charge in [-0.3, -0.25) is 4.79 Å². The van der Waals surface area contributed by atoms with Crippen molar-refractivity contribution in [3.63, 3.8) is 0 Å². The Balaban J connectivity index is 1.48. The highest BCUT2D eigenvalue weighted by molar-refractivity contribution is 5.83. The van der Waals surface area contributed by atoms with E-state index in [-0.39, 0.29) is 17.9 Å². The molecule has 0 heterocycles. The van der Waals surface area contributed by atoms with Crippen LogP contribution in [0.3, 0.4) is 0 Å². The molecule has 2 N–H and O–H groups in total. The van der Waals surface area contributed by atoms with Crippen molar-refractivity contribution in [3.8, 4) is 5.75 Å². The molecule has 142 valence electrons. The summed E-state index contributed by atoms with van der Waals surface area (Å²) in [7, 11) is 0. The smallest absolute Gasteiger partial charge is 0.341 e. The number of ether oxygens (including phenoxy) is 1. The van der Waals surface area contributed by atoms with Crippen molar-refractivity contribution in [2.75, 3.05) is 13.2 Å². The van der Waals surface area contributed by atoms with E-state index in [2.05, 4.69) is 17.4 Å². The number of aliphatic carboxylic acids is 1. The number of carboxylic acid groups (broad SMARTS) is 1. The molecule has 27 heavy (non-hydrogen) atoms. The molecule has 0 unspecified atom stereocenters. The molecule has 0 aromatic heterocycles. The second kappa shape index (κ2) is 8.71. The molecule has 0 bridgehead atoms. The fourth-order valence-electron chi connectivity index (χ4n) is 3.48. The predicted octanol–water partition coefficient (Wildman–Crippen LogP) is 3.22. The SMILES string of the molecule is O=C(O)COc1ccc(CCNC(=O)C2(Cc3ccccc3)CCC2)cc1. The van der Waals surface area contributed by atoms with Gasteiger partial charge in [-0.15, -0.1) is 0 Å². The maximum atomic E-state index is 12.8. The Morgan fingerprint density at radius 1 is 1.00 bits per heavy atom. The van der Waals surface area contributed by atoms with Crippen LogP contribution < -0.4 is 10.1 Å². The Morgan fingerprint density at radius 2 is 1.70 bits per heavy atom. The number of benzene rings is 2. The summed E-state index contributed by atoms with van der Waals surface area (Å²) in [6, 6.07) is 17.5. The first-order valence-electron chi connectivity index (χ1n) is 9.33. The summed E-state index contributed by atoms with van der Waals surface area (Å²) >= 11 is 0. The molecule has 1 aliphatic rings. The Hall–Kier alpha value is -2.82. The van der Waals surface area contributed by atoms with Gasteiger partial charge in [-0.2, -0.15) is 0 Å². The monoisotopic (exact) mass is 367 g/mol. The lowest BCUT2D eigenvalue weighted by molar-refractivity contribution is -0.139. The van der Waals surface area contributed by atoms with Gasteiger partial charge in [-0.1, -0.05) is 48.9 Å². The van der Waals surface area contributed by atoms with Crippen LogP contribution in [0.5, 0.6) is 5.75 Å². The van der Waals surface area contributed by atoms with E-state index < -0.39 is 5.97 Å². The van der Waals surface area contributed by atoms with Gasteiger partial charge in [0.25, 0.3) is 0 Å². The second-order valence-electron chi connectivity index (χ2n) is 7.13. The van der Waals surface area contributed by atoms with Crippen LogP contribution in [0.4, 0.5) is 0 Å². The highest BCUT2D eigenvalue weighted by Gasteiger charge is 2.43. The number of hydrogen-bond acceptors (Lipinski definition) is 3. The van der Waals surface area contributed by atoms with E-state index in [1.165, 1.54) is 5.56 Å². The lowest BCUT2D eigenvalue weighted by Crippen LogP contribution is -2.47. The third-order valence-corrected chi connectivity index (χ3v) is 5.16. The molecule has 0 atom stereocenters. The number of amides is 1. The van der Waals surface area contributed by atoms with Gasteiger partial charge in [0.1, 0.15) is 5.75 Å². The minimum atomic E-state index is -0.998. The molecule has 0 spiro atoms. The molecule has 2 aromatic carbocycles. The summed E-state index contributed by atoms with van der Waals surface area (Å²) in [5.41, 5.74) is 2.03. The molecular formula is C22H25NO4. The molecule has 1 saturated carbocycles. The first-order chi connectivity index (χ1) is 13.1. The van der Waals surface area contributed by atoms with Crippen LogP contribution in [0.25, 0.3) is 0 Å². The first-order valence-corrected chi connectivity index (χ1v) is 9.33. The lowest BCUT2D eigenvalue weighted by Gasteiger charge is -2.40. The average molecular weight is 367 g/mol. The molecule has 1 fully saturated rings. The van der Waals surface area contributed by atoms with Gasteiger partial charge in [0.05, 0.1) is 5.41 Å². The summed E-state index contributed by atoms with van der Waals surface area (Å²) < 4.78 is 5.12. The van der Waals surface area contributed by atoms with E-state index >= 15 is 0 Å². The van der Waals surface area contributed by atoms with Gasteiger partial charge in [-0.05, 0) is 48.9 Å². The van der Waals surface area contributed by atoms with E-state index in [9.17, 15) is 9.59 Å². The summed E-state index contributed by atoms with van der Waals surface area (Å²) in [5.74, 6) is -0.317. The van der Waals surface area contributed by atoms with E-state index in [0.717, 1.165) is 37.7 Å². The first kappa shape index (κ1) is 19.0. The molecule has 0 saturated heterocycles. The highest BCUT2D eigenvalue weighted by atomic mass is 16.5. The van der Waals surface area contributed by atoms with E-state index in [1.807, 2.05) is 30.3 Å². The van der Waals surface area contributed by atoms with Crippen LogP contribution in [-0.4, -0.2) is 30.1 Å². The average Bonchev–Trinajstić information content (AvgIpc) is 2.64. The maximum Gasteiger partial charge on any atom is 0.341 e. The Kier molecular flexibility index (Phi) is 6.12. The summed E-state index contributed by atoms with van der Waals surface area (Å²) in [5, 5.41) is 11.7. The standard InChI is InChI=1S/C22H25NO4/c24-20(25)16-27-19-9-7-17(8-10-19)11-14-23-21(26)22(12-4-13-22)15-18-5-2-1-3-6-18/h1-3,5-10H,4,11-16H2,(H,23,26)(H,24,25). The Morgan fingerprint density at radius 3 is 2.30 bits per heavy atom. The third-order valence-electron chi connectivity index (χ3n) is 5.16. The van der Waals surface area contributed by atoms with Crippen molar-refractivity contribution in [1.29, 1.82) is 0 Å². The summed E-state index contributed by atoms with van der Waals surface area (Å²) in [6.45, 7) is 0.240. The number of rotatable bonds is 9. The third kappa shape index (κ3) is 5.09. The minimum Gasteiger partial charge on any atom is -0.482 e. The number of carboxylic acids is 1. The molecule has 1 amide bonds. The lowest BCUT2D eigenvalue weighted by atomic mass is 9.64. The van der Waals surface area contributed by atoms with Crippen molar-refractivity contribution in [3.05, 3.63) is 65.7 Å². The van der Waals surface area contributed by atoms with Gasteiger partial charge in [-0.25, -0.2) is 4.79 Å².